The van der Waals surface area contributed by atoms with Gasteiger partial charge in [0.2, 0.25) is 5.91 Å². The number of methoxy groups -OCH3 is 2. The number of ether oxygens (including phenoxy) is 2. The zero-order valence-electron chi connectivity index (χ0n) is 22.2. The number of likely N-dealkylation sites (tertiary alicyclic amines) is 1. The molecule has 0 aromatic heterocycles. The van der Waals surface area contributed by atoms with E-state index in [4.69, 9.17) is 21.1 Å². The molecule has 0 spiro atoms. The monoisotopic (exact) mass is 571 g/mol. The maximum atomic E-state index is 13.7. The average molecular weight is 572 g/mol. The van der Waals surface area contributed by atoms with E-state index in [1.807, 2.05) is 12.1 Å². The van der Waals surface area contributed by atoms with E-state index in [1.54, 1.807) is 24.3 Å². The largest absolute Gasteiger partial charge is 0.493 e. The lowest BCUT2D eigenvalue weighted by Gasteiger charge is -2.26. The highest BCUT2D eigenvalue weighted by Gasteiger charge is 2.28. The first-order valence-corrected chi connectivity index (χ1v) is 14.7. The zero-order chi connectivity index (χ0) is 27.8. The van der Waals surface area contributed by atoms with Crippen LogP contribution in [0.1, 0.15) is 30.4 Å². The molecule has 1 aliphatic rings. The van der Waals surface area contributed by atoms with Crippen molar-refractivity contribution >= 4 is 33.2 Å². The first-order valence-electron chi connectivity index (χ1n) is 12.9. The van der Waals surface area contributed by atoms with Crippen molar-refractivity contribution in [3.05, 3.63) is 82.9 Å². The molecule has 1 amide bonds. The van der Waals surface area contributed by atoms with Gasteiger partial charge in [0.15, 0.2) is 11.5 Å². The summed E-state index contributed by atoms with van der Waals surface area (Å²) in [5.74, 6) is 0.225. The Morgan fingerprint density at radius 3 is 2.18 bits per heavy atom. The summed E-state index contributed by atoms with van der Waals surface area (Å²) in [6, 6.07) is 18.8. The molecule has 4 rings (SSSR count). The molecule has 1 heterocycles. The van der Waals surface area contributed by atoms with Crippen LogP contribution >= 0.6 is 11.6 Å². The summed E-state index contributed by atoms with van der Waals surface area (Å²) in [7, 11) is -1.23. The molecule has 0 saturated carbocycles. The van der Waals surface area contributed by atoms with Crippen molar-refractivity contribution in [2.45, 2.75) is 37.2 Å². The van der Waals surface area contributed by atoms with Gasteiger partial charge in [0.25, 0.3) is 10.0 Å². The van der Waals surface area contributed by atoms with E-state index in [0.29, 0.717) is 16.5 Å². The van der Waals surface area contributed by atoms with E-state index in [0.717, 1.165) is 29.5 Å². The number of sulfonamides is 1. The Bertz CT molecular complexity index is 1360. The molecule has 8 nitrogen and oxygen atoms in total. The van der Waals surface area contributed by atoms with Crippen molar-refractivity contribution in [1.82, 2.24) is 10.2 Å². The molecule has 0 aliphatic carbocycles. The Balaban J connectivity index is 1.47. The number of carbonyl (C=O) groups is 1. The molecular formula is C29H34ClN3O5S. The highest BCUT2D eigenvalue weighted by molar-refractivity contribution is 7.92. The summed E-state index contributed by atoms with van der Waals surface area (Å²) in [5.41, 5.74) is 2.49. The number of nitrogens with one attached hydrogen (secondary N) is 1. The van der Waals surface area contributed by atoms with Crippen LogP contribution in [-0.2, 0) is 27.9 Å². The second kappa shape index (κ2) is 13.2. The van der Waals surface area contributed by atoms with Crippen LogP contribution in [0.15, 0.2) is 71.6 Å². The first-order chi connectivity index (χ1) is 18.8. The third kappa shape index (κ3) is 7.44. The van der Waals surface area contributed by atoms with Crippen LogP contribution in [-0.4, -0.2) is 53.1 Å². The van der Waals surface area contributed by atoms with E-state index in [-0.39, 0.29) is 17.2 Å². The molecule has 39 heavy (non-hydrogen) atoms. The van der Waals surface area contributed by atoms with Gasteiger partial charge >= 0.3 is 0 Å². The second-order valence-electron chi connectivity index (χ2n) is 9.43. The van der Waals surface area contributed by atoms with Gasteiger partial charge in [-0.05, 0) is 73.5 Å². The Labute approximate surface area is 235 Å². The van der Waals surface area contributed by atoms with Crippen LogP contribution in [0.5, 0.6) is 11.5 Å². The van der Waals surface area contributed by atoms with E-state index < -0.39 is 22.5 Å². The lowest BCUT2D eigenvalue weighted by molar-refractivity contribution is -0.119. The molecule has 1 N–H and O–H groups in total. The SMILES string of the molecule is COc1ccc(S(=O)(=O)N(CC(=O)NCc2ccc(CN3CCCCC3)cc2)c2ccc(Cl)cc2)cc1OC. The Kier molecular flexibility index (Phi) is 9.72. The van der Waals surface area contributed by atoms with Gasteiger partial charge in [0, 0.05) is 24.2 Å². The standard InChI is InChI=1S/C29H34ClN3O5S/c1-37-27-15-14-26(18-28(27)38-2)39(35,36)33(25-12-10-24(30)11-13-25)21-29(34)31-19-22-6-8-23(9-7-22)20-32-16-4-3-5-17-32/h6-15,18H,3-5,16-17,19-21H2,1-2H3,(H,31,34). The second-order valence-corrected chi connectivity index (χ2v) is 11.7. The summed E-state index contributed by atoms with van der Waals surface area (Å²) < 4.78 is 39.0. The Hall–Kier alpha value is -3.27. The number of anilines is 1. The number of hydrogen-bond acceptors (Lipinski definition) is 6. The zero-order valence-corrected chi connectivity index (χ0v) is 23.8. The molecule has 3 aromatic carbocycles. The molecule has 0 unspecified atom stereocenters. The molecule has 1 saturated heterocycles. The molecule has 3 aromatic rings. The lowest BCUT2D eigenvalue weighted by atomic mass is 10.1. The van der Waals surface area contributed by atoms with Crippen LogP contribution in [0.4, 0.5) is 5.69 Å². The van der Waals surface area contributed by atoms with Crippen molar-refractivity contribution in [2.24, 2.45) is 0 Å². The minimum Gasteiger partial charge on any atom is -0.493 e. The quantitative estimate of drug-likeness (QED) is 0.354. The van der Waals surface area contributed by atoms with Crippen LogP contribution < -0.4 is 19.1 Å². The number of carbonyl (C=O) groups excluding carboxylic acids is 1. The molecule has 0 radical (unpaired) electrons. The normalized spacial score (nSPS) is 14.0. The van der Waals surface area contributed by atoms with Crippen LogP contribution in [0.2, 0.25) is 5.02 Å². The van der Waals surface area contributed by atoms with E-state index in [9.17, 15) is 13.2 Å². The summed E-state index contributed by atoms with van der Waals surface area (Å²) >= 11 is 6.03. The summed E-state index contributed by atoms with van der Waals surface area (Å²) in [6.45, 7) is 3.07. The van der Waals surface area contributed by atoms with Crippen LogP contribution in [0, 0.1) is 0 Å². The topological polar surface area (TPSA) is 88.2 Å². The number of hydrogen-bond donors (Lipinski definition) is 1. The number of rotatable bonds is 11. The molecule has 0 bridgehead atoms. The van der Waals surface area contributed by atoms with Crippen molar-refractivity contribution in [3.8, 4) is 11.5 Å². The first kappa shape index (κ1) is 28.7. The van der Waals surface area contributed by atoms with Gasteiger partial charge in [0.1, 0.15) is 6.54 Å². The predicted molar refractivity (Wildman–Crippen MR) is 153 cm³/mol. The summed E-state index contributed by atoms with van der Waals surface area (Å²) in [6.07, 6.45) is 3.80. The molecular weight excluding hydrogens is 538 g/mol. The maximum absolute atomic E-state index is 13.7. The van der Waals surface area contributed by atoms with Gasteiger partial charge in [-0.2, -0.15) is 0 Å². The minimum atomic E-state index is -4.13. The van der Waals surface area contributed by atoms with Gasteiger partial charge in [-0.1, -0.05) is 42.3 Å². The number of piperidine rings is 1. The van der Waals surface area contributed by atoms with E-state index in [2.05, 4.69) is 22.3 Å². The summed E-state index contributed by atoms with van der Waals surface area (Å²) in [5, 5.41) is 3.30. The number of benzene rings is 3. The smallest absolute Gasteiger partial charge is 0.264 e. The molecule has 0 atom stereocenters. The molecule has 1 aliphatic heterocycles. The minimum absolute atomic E-state index is 0.0350. The third-order valence-electron chi connectivity index (χ3n) is 6.71. The van der Waals surface area contributed by atoms with Gasteiger partial charge in [-0.25, -0.2) is 8.42 Å². The van der Waals surface area contributed by atoms with E-state index >= 15 is 0 Å². The maximum Gasteiger partial charge on any atom is 0.264 e. The highest BCUT2D eigenvalue weighted by Crippen LogP contribution is 2.32. The third-order valence-corrected chi connectivity index (χ3v) is 8.73. The summed E-state index contributed by atoms with van der Waals surface area (Å²) in [4.78, 5) is 15.4. The average Bonchev–Trinajstić information content (AvgIpc) is 2.96. The highest BCUT2D eigenvalue weighted by atomic mass is 35.5. The van der Waals surface area contributed by atoms with E-state index in [1.165, 1.54) is 57.2 Å². The predicted octanol–water partition coefficient (Wildman–Crippen LogP) is 4.85. The Morgan fingerprint density at radius 1 is 0.897 bits per heavy atom. The molecule has 10 heteroatoms. The number of amides is 1. The fourth-order valence-electron chi connectivity index (χ4n) is 4.55. The molecule has 1 fully saturated rings. The molecule has 208 valence electrons. The number of nitrogens with zero attached hydrogens (tertiary/aromatic N) is 2. The van der Waals surface area contributed by atoms with Crippen molar-refractivity contribution in [2.75, 3.05) is 38.2 Å². The number of halogens is 1. The van der Waals surface area contributed by atoms with Gasteiger partial charge in [-0.3, -0.25) is 14.0 Å². The lowest BCUT2D eigenvalue weighted by Crippen LogP contribution is -2.40. The van der Waals surface area contributed by atoms with Crippen molar-refractivity contribution in [3.63, 3.8) is 0 Å². The van der Waals surface area contributed by atoms with Crippen LogP contribution in [0.3, 0.4) is 0 Å². The Morgan fingerprint density at radius 2 is 1.54 bits per heavy atom. The van der Waals surface area contributed by atoms with Crippen molar-refractivity contribution in [1.29, 1.82) is 0 Å². The van der Waals surface area contributed by atoms with Crippen LogP contribution in [0.25, 0.3) is 0 Å². The van der Waals surface area contributed by atoms with Gasteiger partial charge < -0.3 is 14.8 Å². The van der Waals surface area contributed by atoms with Gasteiger partial charge in [0.05, 0.1) is 24.8 Å². The fourth-order valence-corrected chi connectivity index (χ4v) is 6.11. The van der Waals surface area contributed by atoms with Crippen molar-refractivity contribution < 1.29 is 22.7 Å². The fraction of sp³-hybridized carbons (Fsp3) is 0.345. The van der Waals surface area contributed by atoms with Gasteiger partial charge in [-0.15, -0.1) is 0 Å².